The summed E-state index contributed by atoms with van der Waals surface area (Å²) in [7, 11) is 0. The van der Waals surface area contributed by atoms with Crippen molar-refractivity contribution in [2.24, 2.45) is 0 Å². The van der Waals surface area contributed by atoms with Crippen LogP contribution in [-0.2, 0) is 17.6 Å². The number of hydrogen-bond acceptors (Lipinski definition) is 2. The minimum absolute atomic E-state index is 0.0462. The summed E-state index contributed by atoms with van der Waals surface area (Å²) in [5.41, 5.74) is 3.54. The van der Waals surface area contributed by atoms with Crippen LogP contribution in [0.2, 0.25) is 0 Å². The van der Waals surface area contributed by atoms with Crippen molar-refractivity contribution < 1.29 is 22.6 Å². The average molecular weight is 551 g/mol. The van der Waals surface area contributed by atoms with Gasteiger partial charge < -0.3 is 9.47 Å². The van der Waals surface area contributed by atoms with Gasteiger partial charge in [-0.15, -0.1) is 6.58 Å². The van der Waals surface area contributed by atoms with Gasteiger partial charge in [-0.3, -0.25) is 0 Å². The molecule has 4 rings (SSSR count). The fourth-order valence-electron chi connectivity index (χ4n) is 5.40. The first-order valence-corrected chi connectivity index (χ1v) is 14.7. The Morgan fingerprint density at radius 3 is 2.27 bits per heavy atom. The molecule has 1 fully saturated rings. The van der Waals surface area contributed by atoms with E-state index in [4.69, 9.17) is 9.47 Å². The van der Waals surface area contributed by atoms with Crippen molar-refractivity contribution in [2.75, 3.05) is 13.2 Å². The van der Waals surface area contributed by atoms with Crippen molar-refractivity contribution in [2.45, 2.75) is 83.2 Å². The number of allylic oxidation sites excluding steroid dienone is 1. The Balaban J connectivity index is 1.31. The molecule has 1 aliphatic rings. The van der Waals surface area contributed by atoms with Gasteiger partial charge >= 0.3 is 0 Å². The molecule has 0 bridgehead atoms. The van der Waals surface area contributed by atoms with Gasteiger partial charge in [-0.2, -0.15) is 0 Å². The van der Waals surface area contributed by atoms with E-state index in [-0.39, 0.29) is 17.8 Å². The fraction of sp³-hybridized carbons (Fsp3) is 0.429. The molecule has 0 N–H and O–H groups in total. The highest BCUT2D eigenvalue weighted by Gasteiger charge is 2.26. The average Bonchev–Trinajstić information content (AvgIpc) is 2.98. The molecule has 0 saturated heterocycles. The molecule has 3 aromatic rings. The highest BCUT2D eigenvalue weighted by molar-refractivity contribution is 5.64. The van der Waals surface area contributed by atoms with E-state index < -0.39 is 17.5 Å². The molecule has 3 aromatic carbocycles. The number of rotatable bonds is 14. The Bertz CT molecular complexity index is 1230. The lowest BCUT2D eigenvalue weighted by Crippen LogP contribution is -2.22. The fourth-order valence-corrected chi connectivity index (χ4v) is 5.40. The monoisotopic (exact) mass is 550 g/mol. The number of hydrogen-bond donors (Lipinski definition) is 0. The van der Waals surface area contributed by atoms with E-state index in [1.807, 2.05) is 36.4 Å². The largest absolute Gasteiger partial charge is 0.491 e. The SMILES string of the molecule is C=CCCCOc1ccc(-c2ccc(CCc3ccc(C4CCC(OCCCC)CC4)c(F)c3F)cc2)cc1F. The van der Waals surface area contributed by atoms with Crippen LogP contribution in [0.5, 0.6) is 5.75 Å². The molecule has 214 valence electrons. The van der Waals surface area contributed by atoms with Crippen molar-refractivity contribution in [3.8, 4) is 16.9 Å². The second-order valence-electron chi connectivity index (χ2n) is 10.8. The first-order chi connectivity index (χ1) is 19.5. The maximum atomic E-state index is 15.1. The van der Waals surface area contributed by atoms with Gasteiger partial charge in [0.25, 0.3) is 0 Å². The molecule has 40 heavy (non-hydrogen) atoms. The minimum atomic E-state index is -0.724. The smallest absolute Gasteiger partial charge is 0.165 e. The van der Waals surface area contributed by atoms with Crippen molar-refractivity contribution in [3.05, 3.63) is 101 Å². The maximum absolute atomic E-state index is 15.1. The van der Waals surface area contributed by atoms with Crippen LogP contribution < -0.4 is 4.74 Å². The van der Waals surface area contributed by atoms with Crippen LogP contribution >= 0.6 is 0 Å². The molecule has 0 aliphatic heterocycles. The molecular weight excluding hydrogens is 509 g/mol. The van der Waals surface area contributed by atoms with Crippen molar-refractivity contribution in [3.63, 3.8) is 0 Å². The number of unbranched alkanes of at least 4 members (excludes halogenated alkanes) is 2. The second kappa shape index (κ2) is 15.1. The number of aryl methyl sites for hydroxylation is 2. The molecule has 1 aliphatic carbocycles. The van der Waals surface area contributed by atoms with Gasteiger partial charge in [0.05, 0.1) is 12.7 Å². The number of halogens is 3. The summed E-state index contributed by atoms with van der Waals surface area (Å²) in [6.07, 6.45) is 10.3. The van der Waals surface area contributed by atoms with Gasteiger partial charge in [0, 0.05) is 6.61 Å². The standard InChI is InChI=1S/C35H41F3O2/c1-3-5-7-23-40-33-21-17-29(24-32(33)36)26-11-8-25(9-12-26)10-13-28-16-20-31(35(38)34(28)37)27-14-18-30(19-15-27)39-22-6-4-2/h3,8-9,11-12,16-17,20-21,24,27,30H,1,4-7,10,13-15,18-19,22-23H2,2H3. The predicted molar refractivity (Wildman–Crippen MR) is 156 cm³/mol. The lowest BCUT2D eigenvalue weighted by atomic mass is 9.82. The summed E-state index contributed by atoms with van der Waals surface area (Å²) in [6, 6.07) is 16.3. The van der Waals surface area contributed by atoms with Gasteiger partial charge in [0.2, 0.25) is 0 Å². The molecule has 1 saturated carbocycles. The van der Waals surface area contributed by atoms with Crippen LogP contribution in [0, 0.1) is 17.5 Å². The quantitative estimate of drug-likeness (QED) is 0.147. The van der Waals surface area contributed by atoms with Crippen LogP contribution in [0.25, 0.3) is 11.1 Å². The molecule has 5 heteroatoms. The number of benzene rings is 3. The summed E-state index contributed by atoms with van der Waals surface area (Å²) in [4.78, 5) is 0. The highest BCUT2D eigenvalue weighted by Crippen LogP contribution is 2.36. The van der Waals surface area contributed by atoms with Gasteiger partial charge in [-0.1, -0.05) is 61.9 Å². The zero-order valence-electron chi connectivity index (χ0n) is 23.6. The summed E-state index contributed by atoms with van der Waals surface area (Å²) >= 11 is 0. The van der Waals surface area contributed by atoms with E-state index >= 15 is 8.78 Å². The Kier molecular flexibility index (Phi) is 11.3. The summed E-state index contributed by atoms with van der Waals surface area (Å²) in [5.74, 6) is -1.52. The van der Waals surface area contributed by atoms with E-state index in [0.29, 0.717) is 30.6 Å². The topological polar surface area (TPSA) is 18.5 Å². The molecule has 0 spiro atoms. The Morgan fingerprint density at radius 2 is 1.57 bits per heavy atom. The van der Waals surface area contributed by atoms with Gasteiger partial charge in [-0.05, 0) is 104 Å². The molecule has 0 atom stereocenters. The molecule has 0 heterocycles. The van der Waals surface area contributed by atoms with Gasteiger partial charge in [0.15, 0.2) is 23.2 Å². The Morgan fingerprint density at radius 1 is 0.825 bits per heavy atom. The van der Waals surface area contributed by atoms with Crippen LogP contribution in [0.4, 0.5) is 13.2 Å². The highest BCUT2D eigenvalue weighted by atomic mass is 19.2. The Labute approximate surface area is 237 Å². The second-order valence-corrected chi connectivity index (χ2v) is 10.8. The molecular formula is C35H41F3O2. The molecule has 0 radical (unpaired) electrons. The molecule has 2 nitrogen and oxygen atoms in total. The van der Waals surface area contributed by atoms with Crippen LogP contribution in [-0.4, -0.2) is 19.3 Å². The summed E-state index contributed by atoms with van der Waals surface area (Å²) in [6.45, 7) is 7.04. The van der Waals surface area contributed by atoms with E-state index in [1.54, 1.807) is 18.2 Å². The zero-order valence-corrected chi connectivity index (χ0v) is 23.6. The maximum Gasteiger partial charge on any atom is 0.165 e. The normalized spacial score (nSPS) is 17.1. The predicted octanol–water partition coefficient (Wildman–Crippen LogP) is 9.74. The molecule has 0 amide bonds. The first-order valence-electron chi connectivity index (χ1n) is 14.7. The van der Waals surface area contributed by atoms with E-state index in [2.05, 4.69) is 13.5 Å². The molecule has 0 aromatic heterocycles. The molecule has 0 unspecified atom stereocenters. The summed E-state index contributed by atoms with van der Waals surface area (Å²) < 4.78 is 56.0. The van der Waals surface area contributed by atoms with Crippen molar-refractivity contribution >= 4 is 0 Å². The van der Waals surface area contributed by atoms with Crippen LogP contribution in [0.1, 0.15) is 80.9 Å². The van der Waals surface area contributed by atoms with Gasteiger partial charge in [0.1, 0.15) is 0 Å². The Hall–Kier alpha value is -3.05. The van der Waals surface area contributed by atoms with Crippen LogP contribution in [0.15, 0.2) is 67.3 Å². The van der Waals surface area contributed by atoms with Crippen LogP contribution in [0.3, 0.4) is 0 Å². The minimum Gasteiger partial charge on any atom is -0.491 e. The van der Waals surface area contributed by atoms with E-state index in [0.717, 1.165) is 74.7 Å². The third-order valence-electron chi connectivity index (χ3n) is 7.87. The van der Waals surface area contributed by atoms with Gasteiger partial charge in [-0.25, -0.2) is 13.2 Å². The third kappa shape index (κ3) is 8.00. The summed E-state index contributed by atoms with van der Waals surface area (Å²) in [5, 5.41) is 0. The van der Waals surface area contributed by atoms with Crippen molar-refractivity contribution in [1.29, 1.82) is 0 Å². The van der Waals surface area contributed by atoms with E-state index in [1.165, 1.54) is 6.07 Å². The lowest BCUT2D eigenvalue weighted by molar-refractivity contribution is 0.0230. The van der Waals surface area contributed by atoms with Crippen molar-refractivity contribution in [1.82, 2.24) is 0 Å². The lowest BCUT2D eigenvalue weighted by Gasteiger charge is -2.29. The first kappa shape index (κ1) is 29.9. The zero-order chi connectivity index (χ0) is 28.3. The number of ether oxygens (including phenoxy) is 2. The third-order valence-corrected chi connectivity index (χ3v) is 7.87. The van der Waals surface area contributed by atoms with E-state index in [9.17, 15) is 4.39 Å².